The normalized spacial score (nSPS) is 24.4. The monoisotopic (exact) mass is 617 g/mol. The molecule has 3 aromatic carbocycles. The van der Waals surface area contributed by atoms with E-state index in [1.54, 1.807) is 0 Å². The number of nitrogens with zero attached hydrogens (tertiary/aromatic N) is 7. The smallest absolute Gasteiger partial charge is 0.269 e. The minimum atomic E-state index is -1.11. The number of aryl methyl sites for hydroxylation is 2. The Hall–Kier alpha value is -5.52. The second-order valence-electron chi connectivity index (χ2n) is 12.1. The first-order valence-corrected chi connectivity index (χ1v) is 15.2. The number of hydrogen-bond donors (Lipinski definition) is 0. The fourth-order valence-electron chi connectivity index (χ4n) is 6.71. The molecule has 46 heavy (non-hydrogen) atoms. The average molecular weight is 618 g/mol. The maximum atomic E-state index is 14.1. The zero-order chi connectivity index (χ0) is 32.1. The van der Waals surface area contributed by atoms with E-state index in [0.29, 0.717) is 0 Å². The molecule has 3 amide bonds. The van der Waals surface area contributed by atoms with Gasteiger partial charge in [-0.15, -0.1) is 0 Å². The molecule has 0 spiro atoms. The third kappa shape index (κ3) is 5.05. The maximum absolute atomic E-state index is 14.1. The van der Waals surface area contributed by atoms with Gasteiger partial charge in [0.05, 0.1) is 22.4 Å². The molecular formula is C34H31N7O5. The van der Waals surface area contributed by atoms with Crippen LogP contribution in [0.1, 0.15) is 47.6 Å². The van der Waals surface area contributed by atoms with Crippen LogP contribution in [0, 0.1) is 29.9 Å². The standard InChI is InChI=1S/C34H31N7O5/c1-20-6-10-22(11-7-20)18-24-4-3-5-27-29(24)36-40(31(27)23-12-8-21(2)9-13-23)28(42)19-38-32-30(35-37-38)33(43)39(34(32)44)25-14-16-26(17-15-25)41(45)46/h6-18,27,30-32H,3-5,19H2,1-2H3/b24-18+/t27-,30+,31-,32-/m1/s1. The van der Waals surface area contributed by atoms with Gasteiger partial charge in [0.2, 0.25) is 0 Å². The molecule has 3 aliphatic heterocycles. The van der Waals surface area contributed by atoms with Crippen molar-refractivity contribution in [1.29, 1.82) is 0 Å². The van der Waals surface area contributed by atoms with Crippen LogP contribution in [-0.4, -0.2) is 57.0 Å². The number of nitro groups is 1. The number of allylic oxidation sites excluding steroid dienone is 1. The van der Waals surface area contributed by atoms with Crippen LogP contribution in [0.4, 0.5) is 11.4 Å². The minimum absolute atomic E-state index is 0.00243. The number of hydrogen-bond acceptors (Lipinski definition) is 9. The largest absolute Gasteiger partial charge is 0.271 e. The molecule has 12 heteroatoms. The van der Waals surface area contributed by atoms with Crippen LogP contribution < -0.4 is 4.90 Å². The molecule has 232 valence electrons. The molecule has 4 aliphatic rings. The first kappa shape index (κ1) is 29.2. The number of rotatable bonds is 6. The van der Waals surface area contributed by atoms with Gasteiger partial charge in [-0.05, 0) is 68.0 Å². The molecule has 1 saturated heterocycles. The van der Waals surface area contributed by atoms with Gasteiger partial charge in [0.1, 0.15) is 6.54 Å². The van der Waals surface area contributed by atoms with Crippen LogP contribution in [-0.2, 0) is 14.4 Å². The molecule has 0 N–H and O–H groups in total. The van der Waals surface area contributed by atoms with Crippen molar-refractivity contribution in [3.8, 4) is 0 Å². The van der Waals surface area contributed by atoms with Crippen molar-refractivity contribution < 1.29 is 19.3 Å². The number of carbonyl (C=O) groups is 3. The molecule has 0 radical (unpaired) electrons. The second-order valence-corrected chi connectivity index (χ2v) is 12.1. The Labute approximate surface area is 264 Å². The van der Waals surface area contributed by atoms with E-state index in [2.05, 4.69) is 47.6 Å². The summed E-state index contributed by atoms with van der Waals surface area (Å²) in [6.45, 7) is 3.76. The van der Waals surface area contributed by atoms with Crippen molar-refractivity contribution in [2.24, 2.45) is 21.4 Å². The quantitative estimate of drug-likeness (QED) is 0.208. The SMILES string of the molecule is Cc1ccc(/C=C2\CCC[C@@H]3C2=NN(C(=O)CN2N=N[C@@H]4C(=O)N(c5ccc([N+](=O)[O-])cc5)C(=O)[C@@H]42)[C@@H]3c2ccc(C)cc2)cc1. The third-order valence-corrected chi connectivity index (χ3v) is 9.07. The first-order chi connectivity index (χ1) is 22.2. The van der Waals surface area contributed by atoms with E-state index < -0.39 is 28.8 Å². The first-order valence-electron chi connectivity index (χ1n) is 15.2. The predicted octanol–water partition coefficient (Wildman–Crippen LogP) is 5.33. The number of anilines is 1. The number of amides is 3. The Morgan fingerprint density at radius 2 is 1.61 bits per heavy atom. The fraction of sp³-hybridized carbons (Fsp3) is 0.294. The molecule has 0 aromatic heterocycles. The summed E-state index contributed by atoms with van der Waals surface area (Å²) in [5.74, 6) is -1.56. The molecule has 1 saturated carbocycles. The Morgan fingerprint density at radius 3 is 2.28 bits per heavy atom. The number of carbonyl (C=O) groups excluding carboxylic acids is 3. The molecule has 1 aliphatic carbocycles. The van der Waals surface area contributed by atoms with Gasteiger partial charge >= 0.3 is 0 Å². The Morgan fingerprint density at radius 1 is 0.935 bits per heavy atom. The fourth-order valence-corrected chi connectivity index (χ4v) is 6.71. The summed E-state index contributed by atoms with van der Waals surface area (Å²) in [5.41, 5.74) is 6.35. The summed E-state index contributed by atoms with van der Waals surface area (Å²) < 4.78 is 0. The molecule has 2 fully saturated rings. The highest BCUT2D eigenvalue weighted by atomic mass is 16.6. The van der Waals surface area contributed by atoms with E-state index in [4.69, 9.17) is 5.10 Å². The van der Waals surface area contributed by atoms with Gasteiger partial charge in [0.25, 0.3) is 23.4 Å². The van der Waals surface area contributed by atoms with Gasteiger partial charge in [0, 0.05) is 18.1 Å². The lowest BCUT2D eigenvalue weighted by Gasteiger charge is -2.30. The number of hydrazone groups is 1. The van der Waals surface area contributed by atoms with E-state index in [1.807, 2.05) is 31.2 Å². The molecule has 0 bridgehead atoms. The van der Waals surface area contributed by atoms with Crippen molar-refractivity contribution in [1.82, 2.24) is 10.0 Å². The molecule has 3 heterocycles. The van der Waals surface area contributed by atoms with Crippen molar-refractivity contribution in [3.63, 3.8) is 0 Å². The summed E-state index contributed by atoms with van der Waals surface area (Å²) >= 11 is 0. The van der Waals surface area contributed by atoms with Crippen molar-refractivity contribution >= 4 is 40.9 Å². The number of fused-ring (bicyclic) bond motifs is 2. The van der Waals surface area contributed by atoms with E-state index in [1.165, 1.54) is 39.8 Å². The Bertz CT molecular complexity index is 1830. The lowest BCUT2D eigenvalue weighted by atomic mass is 9.77. The summed E-state index contributed by atoms with van der Waals surface area (Å²) in [4.78, 5) is 52.3. The molecule has 0 unspecified atom stereocenters. The minimum Gasteiger partial charge on any atom is -0.271 e. The van der Waals surface area contributed by atoms with Gasteiger partial charge in [-0.3, -0.25) is 29.5 Å². The Kier molecular flexibility index (Phi) is 7.26. The molecule has 12 nitrogen and oxygen atoms in total. The average Bonchev–Trinajstić information content (AvgIpc) is 3.72. The van der Waals surface area contributed by atoms with Crippen LogP contribution in [0.3, 0.4) is 0 Å². The van der Waals surface area contributed by atoms with Gasteiger partial charge < -0.3 is 0 Å². The third-order valence-electron chi connectivity index (χ3n) is 9.07. The number of non-ortho nitro benzene ring substituents is 1. The number of nitro benzene ring substituents is 1. The van der Waals surface area contributed by atoms with Crippen LogP contribution in [0.5, 0.6) is 0 Å². The summed E-state index contributed by atoms with van der Waals surface area (Å²) in [7, 11) is 0. The highest BCUT2D eigenvalue weighted by Gasteiger charge is 2.55. The highest BCUT2D eigenvalue weighted by molar-refractivity contribution is 6.25. The van der Waals surface area contributed by atoms with Crippen LogP contribution in [0.2, 0.25) is 0 Å². The number of imide groups is 1. The van der Waals surface area contributed by atoms with E-state index in [9.17, 15) is 24.5 Å². The zero-order valence-electron chi connectivity index (χ0n) is 25.3. The Balaban J connectivity index is 1.17. The van der Waals surface area contributed by atoms with Gasteiger partial charge in [-0.25, -0.2) is 9.91 Å². The predicted molar refractivity (Wildman–Crippen MR) is 169 cm³/mol. The van der Waals surface area contributed by atoms with Gasteiger partial charge in [-0.1, -0.05) is 64.9 Å². The molecular weight excluding hydrogens is 586 g/mol. The highest BCUT2D eigenvalue weighted by Crippen LogP contribution is 2.45. The van der Waals surface area contributed by atoms with E-state index >= 15 is 0 Å². The van der Waals surface area contributed by atoms with Crippen molar-refractivity contribution in [2.45, 2.75) is 51.2 Å². The van der Waals surface area contributed by atoms with E-state index in [-0.39, 0.29) is 35.8 Å². The zero-order valence-corrected chi connectivity index (χ0v) is 25.3. The lowest BCUT2D eigenvalue weighted by Crippen LogP contribution is -2.45. The number of benzene rings is 3. The topological polar surface area (TPSA) is 141 Å². The van der Waals surface area contributed by atoms with Crippen LogP contribution in [0.25, 0.3) is 6.08 Å². The molecule has 4 atom stereocenters. The summed E-state index contributed by atoms with van der Waals surface area (Å²) in [5, 5.41) is 26.9. The van der Waals surface area contributed by atoms with Crippen LogP contribution in [0.15, 0.2) is 93.8 Å². The molecule has 7 rings (SSSR count). The lowest BCUT2D eigenvalue weighted by molar-refractivity contribution is -0.384. The summed E-state index contributed by atoms with van der Waals surface area (Å²) in [6, 6.07) is 19.0. The van der Waals surface area contributed by atoms with Crippen LogP contribution >= 0.6 is 0 Å². The summed E-state index contributed by atoms with van der Waals surface area (Å²) in [6.07, 6.45) is 4.84. The molecule has 3 aromatic rings. The van der Waals surface area contributed by atoms with Crippen molar-refractivity contribution in [2.75, 3.05) is 11.4 Å². The van der Waals surface area contributed by atoms with Crippen molar-refractivity contribution in [3.05, 3.63) is 111 Å². The van der Waals surface area contributed by atoms with Gasteiger partial charge in [0.15, 0.2) is 12.1 Å². The van der Waals surface area contributed by atoms with Gasteiger partial charge in [-0.2, -0.15) is 10.2 Å². The maximum Gasteiger partial charge on any atom is 0.269 e. The van der Waals surface area contributed by atoms with E-state index in [0.717, 1.165) is 52.1 Å². The second kappa shape index (κ2) is 11.4.